The average Bonchev–Trinajstić information content (AvgIpc) is 2.43. The van der Waals surface area contributed by atoms with Gasteiger partial charge in [-0.05, 0) is 18.2 Å². The highest BCUT2D eigenvalue weighted by Crippen LogP contribution is 2.37. The number of ether oxygens (including phenoxy) is 1. The van der Waals surface area contributed by atoms with E-state index < -0.39 is 45.6 Å². The summed E-state index contributed by atoms with van der Waals surface area (Å²) in [6, 6.07) is 2.75. The summed E-state index contributed by atoms with van der Waals surface area (Å²) in [6.45, 7) is -0.423. The Morgan fingerprint density at radius 2 is 1.91 bits per heavy atom. The number of hydroxylamine groups is 2. The van der Waals surface area contributed by atoms with E-state index in [1.807, 2.05) is 0 Å². The van der Waals surface area contributed by atoms with Crippen molar-refractivity contribution in [2.24, 2.45) is 0 Å². The van der Waals surface area contributed by atoms with E-state index in [-0.39, 0.29) is 5.56 Å². The summed E-state index contributed by atoms with van der Waals surface area (Å²) in [4.78, 5) is 16.5. The van der Waals surface area contributed by atoms with Crippen LogP contribution in [0.15, 0.2) is 18.2 Å². The summed E-state index contributed by atoms with van der Waals surface area (Å²) in [5, 5.41) is 0.777. The Morgan fingerprint density at radius 3 is 2.39 bits per heavy atom. The van der Waals surface area contributed by atoms with Gasteiger partial charge in [0.1, 0.15) is 12.4 Å². The molecule has 0 N–H and O–H groups in total. The second-order valence-electron chi connectivity index (χ2n) is 4.67. The normalized spacial score (nSPS) is 12.1. The summed E-state index contributed by atoms with van der Waals surface area (Å²) in [7, 11) is -0.907. The summed E-state index contributed by atoms with van der Waals surface area (Å²) < 4.78 is 66.1. The fourth-order valence-electron chi connectivity index (χ4n) is 1.58. The van der Waals surface area contributed by atoms with Gasteiger partial charge in [-0.1, -0.05) is 0 Å². The Kier molecular flexibility index (Phi) is 6.00. The van der Waals surface area contributed by atoms with Crippen molar-refractivity contribution in [1.29, 1.82) is 0 Å². The molecule has 0 radical (unpaired) electrons. The maximum Gasteiger partial charge on any atom is 0.419 e. The van der Waals surface area contributed by atoms with Crippen LogP contribution in [0.3, 0.4) is 0 Å². The third-order valence-corrected chi connectivity index (χ3v) is 3.71. The molecule has 0 aliphatic heterocycles. The van der Waals surface area contributed by atoms with Gasteiger partial charge in [-0.25, -0.2) is 13.5 Å². The van der Waals surface area contributed by atoms with E-state index in [0.717, 1.165) is 23.5 Å². The van der Waals surface area contributed by atoms with Crippen LogP contribution < -0.4 is 4.74 Å². The van der Waals surface area contributed by atoms with E-state index in [9.17, 15) is 26.4 Å². The van der Waals surface area contributed by atoms with Crippen molar-refractivity contribution in [3.8, 4) is 5.75 Å². The van der Waals surface area contributed by atoms with E-state index in [4.69, 9.17) is 4.74 Å². The quantitative estimate of drug-likeness (QED) is 0.727. The van der Waals surface area contributed by atoms with Crippen LogP contribution in [-0.4, -0.2) is 52.2 Å². The molecule has 0 aliphatic rings. The Bertz CT molecular complexity index is 673. The number of benzene rings is 1. The number of nitrogens with zero attached hydrogens (tertiary/aromatic N) is 1. The molecule has 0 unspecified atom stereocenters. The standard InChI is InChI=1S/C13H16F3NO5S/c1-17(21-2)12(18)9-4-5-11(10(8-9)13(14,15)16)22-6-7-23(3,19)20/h4-5,8H,6-7H2,1-3H3. The van der Waals surface area contributed by atoms with Crippen molar-refractivity contribution in [3.05, 3.63) is 29.3 Å². The molecule has 0 saturated carbocycles. The zero-order valence-corrected chi connectivity index (χ0v) is 13.5. The zero-order valence-electron chi connectivity index (χ0n) is 12.7. The van der Waals surface area contributed by atoms with Gasteiger partial charge < -0.3 is 4.74 Å². The highest BCUT2D eigenvalue weighted by atomic mass is 32.2. The largest absolute Gasteiger partial charge is 0.492 e. The lowest BCUT2D eigenvalue weighted by atomic mass is 10.1. The van der Waals surface area contributed by atoms with Crippen LogP contribution in [0.4, 0.5) is 13.2 Å². The van der Waals surface area contributed by atoms with Gasteiger partial charge in [0, 0.05) is 18.9 Å². The van der Waals surface area contributed by atoms with Crippen LogP contribution in [0.5, 0.6) is 5.75 Å². The predicted octanol–water partition coefficient (Wildman–Crippen LogP) is 1.76. The van der Waals surface area contributed by atoms with Crippen LogP contribution in [0.25, 0.3) is 0 Å². The van der Waals surface area contributed by atoms with Crippen molar-refractivity contribution in [3.63, 3.8) is 0 Å². The molecule has 1 rings (SSSR count). The first kappa shape index (κ1) is 19.2. The third-order valence-electron chi connectivity index (χ3n) is 2.80. The second-order valence-corrected chi connectivity index (χ2v) is 6.93. The maximum absolute atomic E-state index is 13.1. The molecule has 6 nitrogen and oxygen atoms in total. The Labute approximate surface area is 131 Å². The number of rotatable bonds is 6. The SMILES string of the molecule is CON(C)C(=O)c1ccc(OCCS(C)(=O)=O)c(C(F)(F)F)c1. The van der Waals surface area contributed by atoms with Crippen molar-refractivity contribution in [2.75, 3.05) is 32.8 Å². The van der Waals surface area contributed by atoms with E-state index in [2.05, 4.69) is 4.84 Å². The average molecular weight is 355 g/mol. The van der Waals surface area contributed by atoms with Crippen molar-refractivity contribution in [1.82, 2.24) is 5.06 Å². The van der Waals surface area contributed by atoms with Gasteiger partial charge in [-0.3, -0.25) is 9.63 Å². The van der Waals surface area contributed by atoms with E-state index in [1.165, 1.54) is 14.2 Å². The second kappa shape index (κ2) is 7.18. The molecule has 0 bridgehead atoms. The number of hydrogen-bond donors (Lipinski definition) is 0. The molecule has 0 atom stereocenters. The van der Waals surface area contributed by atoms with Crippen molar-refractivity contribution < 1.29 is 36.0 Å². The highest BCUT2D eigenvalue weighted by Gasteiger charge is 2.35. The van der Waals surface area contributed by atoms with Crippen LogP contribution in [-0.2, 0) is 20.9 Å². The number of carbonyl (C=O) groups excluding carboxylic acids is 1. The number of carbonyl (C=O) groups is 1. The molecule has 0 fully saturated rings. The number of hydrogen-bond acceptors (Lipinski definition) is 5. The van der Waals surface area contributed by atoms with Gasteiger partial charge in [-0.15, -0.1) is 0 Å². The molecule has 130 valence electrons. The smallest absolute Gasteiger partial charge is 0.419 e. The number of alkyl halides is 3. The molecule has 10 heteroatoms. The fourth-order valence-corrected chi connectivity index (χ4v) is 1.96. The van der Waals surface area contributed by atoms with E-state index in [1.54, 1.807) is 0 Å². The Morgan fingerprint density at radius 1 is 1.30 bits per heavy atom. The highest BCUT2D eigenvalue weighted by molar-refractivity contribution is 7.90. The van der Waals surface area contributed by atoms with Crippen LogP contribution in [0, 0.1) is 0 Å². The first-order chi connectivity index (χ1) is 10.5. The zero-order chi connectivity index (χ0) is 17.8. The van der Waals surface area contributed by atoms with E-state index >= 15 is 0 Å². The van der Waals surface area contributed by atoms with Gasteiger partial charge in [0.05, 0.1) is 18.4 Å². The molecular weight excluding hydrogens is 339 g/mol. The van der Waals surface area contributed by atoms with E-state index in [0.29, 0.717) is 6.07 Å². The fraction of sp³-hybridized carbons (Fsp3) is 0.462. The van der Waals surface area contributed by atoms with Gasteiger partial charge >= 0.3 is 6.18 Å². The molecule has 0 saturated heterocycles. The lowest BCUT2D eigenvalue weighted by molar-refractivity contribution is -0.138. The first-order valence-corrected chi connectivity index (χ1v) is 8.35. The molecular formula is C13H16F3NO5S. The van der Waals surface area contributed by atoms with Gasteiger partial charge in [-0.2, -0.15) is 13.2 Å². The molecule has 23 heavy (non-hydrogen) atoms. The maximum atomic E-state index is 13.1. The third kappa shape index (κ3) is 5.71. The Balaban J connectivity index is 3.10. The molecule has 1 aromatic carbocycles. The van der Waals surface area contributed by atoms with Crippen molar-refractivity contribution >= 4 is 15.7 Å². The summed E-state index contributed by atoms with van der Waals surface area (Å²) >= 11 is 0. The molecule has 0 heterocycles. The summed E-state index contributed by atoms with van der Waals surface area (Å²) in [5.74, 6) is -1.73. The molecule has 0 spiro atoms. The van der Waals surface area contributed by atoms with Gasteiger partial charge in [0.2, 0.25) is 0 Å². The lowest BCUT2D eigenvalue weighted by Crippen LogP contribution is -2.26. The number of amides is 1. The monoisotopic (exact) mass is 355 g/mol. The minimum atomic E-state index is -4.76. The van der Waals surface area contributed by atoms with Crippen LogP contribution in [0.1, 0.15) is 15.9 Å². The summed E-state index contributed by atoms with van der Waals surface area (Å²) in [6.07, 6.45) is -3.81. The van der Waals surface area contributed by atoms with Gasteiger partial charge in [0.25, 0.3) is 5.91 Å². The summed E-state index contributed by atoms with van der Waals surface area (Å²) in [5.41, 5.74) is -1.40. The molecule has 0 aliphatic carbocycles. The topological polar surface area (TPSA) is 72.9 Å². The minimum absolute atomic E-state index is 0.239. The predicted molar refractivity (Wildman–Crippen MR) is 75.8 cm³/mol. The first-order valence-electron chi connectivity index (χ1n) is 6.29. The Hall–Kier alpha value is -1.81. The lowest BCUT2D eigenvalue weighted by Gasteiger charge is -2.17. The number of sulfone groups is 1. The minimum Gasteiger partial charge on any atom is -0.492 e. The molecule has 1 aromatic rings. The van der Waals surface area contributed by atoms with Crippen molar-refractivity contribution in [2.45, 2.75) is 6.18 Å². The van der Waals surface area contributed by atoms with Crippen LogP contribution in [0.2, 0.25) is 0 Å². The van der Waals surface area contributed by atoms with Gasteiger partial charge in [0.15, 0.2) is 9.84 Å². The van der Waals surface area contributed by atoms with Crippen LogP contribution >= 0.6 is 0 Å². The molecule has 1 amide bonds. The number of halogens is 3. The molecule has 0 aromatic heterocycles.